The van der Waals surface area contributed by atoms with E-state index in [1.807, 2.05) is 0 Å². The minimum atomic E-state index is -1.01. The summed E-state index contributed by atoms with van der Waals surface area (Å²) in [5.74, 6) is -1.67. The minimum Gasteiger partial charge on any atom is -0.493 e. The molecular formula is C14H14N2O6. The molecule has 0 atom stereocenters. The van der Waals surface area contributed by atoms with Crippen molar-refractivity contribution >= 4 is 23.6 Å². The Bertz CT molecular complexity index is 669. The van der Waals surface area contributed by atoms with Gasteiger partial charge in [0.25, 0.3) is 0 Å². The number of ether oxygens (including phenoxy) is 2. The van der Waals surface area contributed by atoms with E-state index in [-0.39, 0.29) is 5.56 Å². The fourth-order valence-electron chi connectivity index (χ4n) is 2.00. The standard InChI is InChI=1S/C14H14N2O6/c1-15-12(18)13(19)16(14(15)20)7-9(17)8-4-5-10(21-2)11(6-8)22-3/h4-6H,7H2,1-3H3. The van der Waals surface area contributed by atoms with Crippen LogP contribution in [-0.2, 0) is 9.59 Å². The van der Waals surface area contributed by atoms with Crippen molar-refractivity contribution in [2.45, 2.75) is 0 Å². The fourth-order valence-corrected chi connectivity index (χ4v) is 2.00. The number of Topliss-reactive ketones (excluding diaryl/α,β-unsaturated/α-hetero) is 1. The first-order valence-corrected chi connectivity index (χ1v) is 6.29. The third-order valence-electron chi connectivity index (χ3n) is 3.26. The lowest BCUT2D eigenvalue weighted by Gasteiger charge is -2.13. The molecule has 0 saturated carbocycles. The van der Waals surface area contributed by atoms with Crippen molar-refractivity contribution in [3.63, 3.8) is 0 Å². The van der Waals surface area contributed by atoms with Crippen LogP contribution in [0.25, 0.3) is 0 Å². The van der Waals surface area contributed by atoms with Gasteiger partial charge < -0.3 is 9.47 Å². The van der Waals surface area contributed by atoms with E-state index in [2.05, 4.69) is 0 Å². The molecule has 0 unspecified atom stereocenters. The number of hydrogen-bond donors (Lipinski definition) is 0. The molecule has 0 aliphatic carbocycles. The third-order valence-corrected chi connectivity index (χ3v) is 3.26. The van der Waals surface area contributed by atoms with Gasteiger partial charge in [0.1, 0.15) is 0 Å². The zero-order valence-electron chi connectivity index (χ0n) is 12.3. The van der Waals surface area contributed by atoms with E-state index in [0.717, 1.165) is 0 Å². The highest BCUT2D eigenvalue weighted by Crippen LogP contribution is 2.27. The van der Waals surface area contributed by atoms with Crippen molar-refractivity contribution in [2.24, 2.45) is 0 Å². The number of carbonyl (C=O) groups excluding carboxylic acids is 4. The number of amides is 4. The van der Waals surface area contributed by atoms with Crippen molar-refractivity contribution in [3.8, 4) is 11.5 Å². The first-order chi connectivity index (χ1) is 10.4. The second kappa shape index (κ2) is 5.84. The van der Waals surface area contributed by atoms with Crippen LogP contribution in [0.1, 0.15) is 10.4 Å². The smallest absolute Gasteiger partial charge is 0.334 e. The highest BCUT2D eigenvalue weighted by molar-refractivity contribution is 6.45. The Balaban J connectivity index is 2.21. The highest BCUT2D eigenvalue weighted by atomic mass is 16.5. The number of nitrogens with zero attached hydrogens (tertiary/aromatic N) is 2. The number of methoxy groups -OCH3 is 2. The minimum absolute atomic E-state index is 0.236. The Hall–Kier alpha value is -2.90. The number of likely N-dealkylation sites (N-methyl/N-ethyl adjacent to an activating group) is 1. The zero-order chi connectivity index (χ0) is 16.4. The number of urea groups is 1. The van der Waals surface area contributed by atoms with Gasteiger partial charge in [0, 0.05) is 12.6 Å². The van der Waals surface area contributed by atoms with Gasteiger partial charge in [-0.3, -0.25) is 19.3 Å². The molecule has 0 N–H and O–H groups in total. The van der Waals surface area contributed by atoms with Crippen molar-refractivity contribution < 1.29 is 28.7 Å². The Kier molecular flexibility index (Phi) is 4.11. The molecule has 1 aliphatic heterocycles. The van der Waals surface area contributed by atoms with Gasteiger partial charge in [-0.2, -0.15) is 0 Å². The third kappa shape index (κ3) is 2.50. The van der Waals surface area contributed by atoms with E-state index >= 15 is 0 Å². The van der Waals surface area contributed by atoms with Gasteiger partial charge in [-0.15, -0.1) is 0 Å². The van der Waals surface area contributed by atoms with E-state index < -0.39 is 30.2 Å². The van der Waals surface area contributed by atoms with Crippen molar-refractivity contribution in [2.75, 3.05) is 27.8 Å². The van der Waals surface area contributed by atoms with Gasteiger partial charge in [-0.25, -0.2) is 9.69 Å². The van der Waals surface area contributed by atoms with Crippen LogP contribution in [0.5, 0.6) is 11.5 Å². The van der Waals surface area contributed by atoms with Gasteiger partial charge in [0.2, 0.25) is 0 Å². The molecule has 1 saturated heterocycles. The summed E-state index contributed by atoms with van der Waals surface area (Å²) < 4.78 is 10.1. The normalized spacial score (nSPS) is 14.6. The van der Waals surface area contributed by atoms with Crippen LogP contribution in [0.4, 0.5) is 4.79 Å². The second-order valence-corrected chi connectivity index (χ2v) is 4.53. The van der Waals surface area contributed by atoms with Gasteiger partial charge in [0.05, 0.1) is 20.8 Å². The summed E-state index contributed by atoms with van der Waals surface area (Å²) in [6.07, 6.45) is 0. The molecule has 1 aromatic carbocycles. The number of ketones is 1. The van der Waals surface area contributed by atoms with Gasteiger partial charge in [0.15, 0.2) is 17.3 Å². The monoisotopic (exact) mass is 306 g/mol. The predicted molar refractivity (Wildman–Crippen MR) is 73.8 cm³/mol. The van der Waals surface area contributed by atoms with Crippen LogP contribution in [0.3, 0.4) is 0 Å². The molecule has 0 spiro atoms. The number of benzene rings is 1. The van der Waals surface area contributed by atoms with Crippen LogP contribution in [0.2, 0.25) is 0 Å². The van der Waals surface area contributed by atoms with Crippen LogP contribution in [-0.4, -0.2) is 61.2 Å². The molecule has 1 heterocycles. The average molecular weight is 306 g/mol. The fraction of sp³-hybridized carbons (Fsp3) is 0.286. The maximum atomic E-state index is 12.2. The first-order valence-electron chi connectivity index (χ1n) is 6.29. The van der Waals surface area contributed by atoms with Gasteiger partial charge >= 0.3 is 17.8 Å². The Morgan fingerprint density at radius 1 is 1.05 bits per heavy atom. The summed E-state index contributed by atoms with van der Waals surface area (Å²) in [6, 6.07) is 3.65. The summed E-state index contributed by atoms with van der Waals surface area (Å²) >= 11 is 0. The summed E-state index contributed by atoms with van der Waals surface area (Å²) in [5.41, 5.74) is 0.236. The van der Waals surface area contributed by atoms with E-state index in [0.29, 0.717) is 21.3 Å². The van der Waals surface area contributed by atoms with Crippen LogP contribution in [0.15, 0.2) is 18.2 Å². The van der Waals surface area contributed by atoms with Gasteiger partial charge in [-0.05, 0) is 18.2 Å². The quantitative estimate of drug-likeness (QED) is 0.441. The lowest BCUT2D eigenvalue weighted by atomic mass is 10.1. The lowest BCUT2D eigenvalue weighted by Crippen LogP contribution is -2.36. The molecule has 4 amide bonds. The summed E-state index contributed by atoms with van der Waals surface area (Å²) in [5, 5.41) is 0. The number of carbonyl (C=O) groups is 4. The molecule has 1 aliphatic rings. The Morgan fingerprint density at radius 3 is 2.18 bits per heavy atom. The Labute approximate surface area is 126 Å². The molecule has 0 aromatic heterocycles. The molecule has 8 nitrogen and oxygen atoms in total. The van der Waals surface area contributed by atoms with E-state index in [1.165, 1.54) is 39.5 Å². The zero-order valence-corrected chi connectivity index (χ0v) is 12.3. The molecule has 0 bridgehead atoms. The summed E-state index contributed by atoms with van der Waals surface area (Å²) in [7, 11) is 4.07. The number of rotatable bonds is 5. The molecule has 1 fully saturated rings. The molecule has 116 valence electrons. The van der Waals surface area contributed by atoms with Crippen LogP contribution < -0.4 is 9.47 Å². The van der Waals surface area contributed by atoms with E-state index in [4.69, 9.17) is 9.47 Å². The molecule has 1 aromatic rings. The second-order valence-electron chi connectivity index (χ2n) is 4.53. The maximum absolute atomic E-state index is 12.2. The van der Waals surface area contributed by atoms with Crippen molar-refractivity contribution in [3.05, 3.63) is 23.8 Å². The first kappa shape index (κ1) is 15.5. The van der Waals surface area contributed by atoms with Crippen LogP contribution >= 0.6 is 0 Å². The maximum Gasteiger partial charge on any atom is 0.334 e. The van der Waals surface area contributed by atoms with E-state index in [9.17, 15) is 19.2 Å². The molecule has 2 rings (SSSR count). The van der Waals surface area contributed by atoms with Crippen molar-refractivity contribution in [1.82, 2.24) is 9.80 Å². The molecule has 22 heavy (non-hydrogen) atoms. The topological polar surface area (TPSA) is 93.2 Å². The Morgan fingerprint density at radius 2 is 1.68 bits per heavy atom. The van der Waals surface area contributed by atoms with Gasteiger partial charge in [-0.1, -0.05) is 0 Å². The van der Waals surface area contributed by atoms with Crippen LogP contribution in [0, 0.1) is 0 Å². The highest BCUT2D eigenvalue weighted by Gasteiger charge is 2.43. The summed E-state index contributed by atoms with van der Waals surface area (Å²) in [4.78, 5) is 48.2. The average Bonchev–Trinajstić information content (AvgIpc) is 2.71. The molecule has 0 radical (unpaired) electrons. The van der Waals surface area contributed by atoms with Crippen molar-refractivity contribution in [1.29, 1.82) is 0 Å². The lowest BCUT2D eigenvalue weighted by molar-refractivity contribution is -0.142. The van der Waals surface area contributed by atoms with E-state index in [1.54, 1.807) is 0 Å². The molecule has 8 heteroatoms. The predicted octanol–water partition coefficient (Wildman–Crippen LogP) is 0.307. The SMILES string of the molecule is COc1ccc(C(=O)CN2C(=O)C(=O)N(C)C2=O)cc1OC. The largest absolute Gasteiger partial charge is 0.493 e. The molecular weight excluding hydrogens is 292 g/mol. The number of hydrogen-bond acceptors (Lipinski definition) is 6. The number of imide groups is 2. The summed E-state index contributed by atoms with van der Waals surface area (Å²) in [6.45, 7) is -0.511.